The largest absolute Gasteiger partial charge is 0.414 e. The second-order valence-corrected chi connectivity index (χ2v) is 3.04. The average molecular weight is 200 g/mol. The first-order chi connectivity index (χ1) is 7.15. The molecule has 0 saturated carbocycles. The summed E-state index contributed by atoms with van der Waals surface area (Å²) in [5, 5.41) is 0. The van der Waals surface area contributed by atoms with Crippen LogP contribution in [0, 0.1) is 0 Å². The van der Waals surface area contributed by atoms with E-state index in [1.807, 2.05) is 30.3 Å². The molecular weight excluding hydrogens is 188 g/mol. The fourth-order valence-corrected chi connectivity index (χ4v) is 0.966. The van der Waals surface area contributed by atoms with Gasteiger partial charge in [-0.25, -0.2) is 4.79 Å². The van der Waals surface area contributed by atoms with Crippen LogP contribution in [0.15, 0.2) is 54.8 Å². The highest BCUT2D eigenvalue weighted by molar-refractivity contribution is 5.91. The van der Waals surface area contributed by atoms with Crippen molar-refractivity contribution in [2.45, 2.75) is 6.92 Å². The molecule has 0 aromatic heterocycles. The van der Waals surface area contributed by atoms with Crippen molar-refractivity contribution >= 4 is 11.7 Å². The van der Waals surface area contributed by atoms with E-state index in [1.54, 1.807) is 6.92 Å². The topological polar surface area (TPSA) is 26.3 Å². The summed E-state index contributed by atoms with van der Waals surface area (Å²) in [6.07, 6.45) is 0. The summed E-state index contributed by atoms with van der Waals surface area (Å²) in [5.41, 5.74) is 3.70. The number of benzene rings is 1. The van der Waals surface area contributed by atoms with E-state index < -0.39 is 5.97 Å². The number of esters is 1. The molecule has 0 radical (unpaired) electrons. The van der Waals surface area contributed by atoms with Crippen LogP contribution in [0.5, 0.6) is 0 Å². The van der Waals surface area contributed by atoms with Crippen LogP contribution in [0.25, 0.3) is 5.76 Å². The highest BCUT2D eigenvalue weighted by atomic mass is 16.5. The van der Waals surface area contributed by atoms with Gasteiger partial charge in [-0.3, -0.25) is 0 Å². The predicted molar refractivity (Wildman–Crippen MR) is 59.9 cm³/mol. The van der Waals surface area contributed by atoms with Gasteiger partial charge in [0.15, 0.2) is 5.76 Å². The van der Waals surface area contributed by atoms with Crippen LogP contribution in [0.1, 0.15) is 12.5 Å². The van der Waals surface area contributed by atoms with Crippen molar-refractivity contribution in [3.8, 4) is 0 Å². The van der Waals surface area contributed by atoms with Gasteiger partial charge in [0.1, 0.15) is 0 Å². The zero-order valence-corrected chi connectivity index (χ0v) is 8.62. The van der Waals surface area contributed by atoms with Gasteiger partial charge >= 0.3 is 5.97 Å². The lowest BCUT2D eigenvalue weighted by atomic mass is 10.2. The standard InChI is InChI=1S/C13H12O2/c1-4-12(15-13(14)10(2)3)11-8-6-5-7-9-11/h5-9H,1-2H2,3H3. The third-order valence-electron chi connectivity index (χ3n) is 1.74. The first kappa shape index (κ1) is 11.0. The van der Waals surface area contributed by atoms with Crippen LogP contribution < -0.4 is 0 Å². The Morgan fingerprint density at radius 3 is 2.40 bits per heavy atom. The number of carbonyl (C=O) groups excluding carboxylic acids is 1. The molecule has 0 spiro atoms. The molecule has 0 amide bonds. The summed E-state index contributed by atoms with van der Waals surface area (Å²) >= 11 is 0. The lowest BCUT2D eigenvalue weighted by Gasteiger charge is -2.05. The van der Waals surface area contributed by atoms with Crippen molar-refractivity contribution in [3.05, 3.63) is 60.4 Å². The van der Waals surface area contributed by atoms with Crippen LogP contribution in [0.2, 0.25) is 0 Å². The summed E-state index contributed by atoms with van der Waals surface area (Å²) in [4.78, 5) is 11.3. The number of carbonyl (C=O) groups is 1. The Balaban J connectivity index is 2.89. The van der Waals surface area contributed by atoms with E-state index >= 15 is 0 Å². The van der Waals surface area contributed by atoms with Gasteiger partial charge in [-0.15, -0.1) is 0 Å². The summed E-state index contributed by atoms with van der Waals surface area (Å²) in [7, 11) is 0. The molecule has 0 atom stereocenters. The minimum absolute atomic E-state index is 0.323. The molecule has 0 aliphatic rings. The van der Waals surface area contributed by atoms with Crippen molar-refractivity contribution in [2.24, 2.45) is 0 Å². The van der Waals surface area contributed by atoms with Gasteiger partial charge in [0.2, 0.25) is 0 Å². The lowest BCUT2D eigenvalue weighted by Crippen LogP contribution is -2.03. The van der Waals surface area contributed by atoms with Gasteiger partial charge < -0.3 is 4.74 Å². The second-order valence-electron chi connectivity index (χ2n) is 3.04. The van der Waals surface area contributed by atoms with Gasteiger partial charge in [0.25, 0.3) is 0 Å². The SMILES string of the molecule is C=C=C(OC(=O)C(=C)C)c1ccccc1. The molecule has 76 valence electrons. The third kappa shape index (κ3) is 2.97. The molecule has 0 unspecified atom stereocenters. The maximum Gasteiger partial charge on any atom is 0.339 e. The van der Waals surface area contributed by atoms with Gasteiger partial charge in [0, 0.05) is 11.1 Å². The summed E-state index contributed by atoms with van der Waals surface area (Å²) in [5.74, 6) is -0.145. The van der Waals surface area contributed by atoms with Crippen molar-refractivity contribution in [1.29, 1.82) is 0 Å². The summed E-state index contributed by atoms with van der Waals surface area (Å²) in [6, 6.07) is 9.21. The molecule has 1 aromatic carbocycles. The molecule has 1 rings (SSSR count). The van der Waals surface area contributed by atoms with Crippen molar-refractivity contribution in [3.63, 3.8) is 0 Å². The van der Waals surface area contributed by atoms with E-state index in [0.29, 0.717) is 11.3 Å². The highest BCUT2D eigenvalue weighted by Crippen LogP contribution is 2.15. The molecule has 0 fully saturated rings. The Labute approximate surface area is 89.2 Å². The third-order valence-corrected chi connectivity index (χ3v) is 1.74. The van der Waals surface area contributed by atoms with E-state index in [0.717, 1.165) is 5.56 Å². The van der Waals surface area contributed by atoms with Crippen LogP contribution >= 0.6 is 0 Å². The zero-order valence-electron chi connectivity index (χ0n) is 8.62. The van der Waals surface area contributed by atoms with Gasteiger partial charge in [-0.05, 0) is 6.92 Å². The molecule has 0 aliphatic heterocycles. The van der Waals surface area contributed by atoms with E-state index in [2.05, 4.69) is 18.9 Å². The Bertz CT molecular complexity index is 423. The number of rotatable bonds is 3. The Kier molecular flexibility index (Phi) is 3.67. The number of hydrogen-bond donors (Lipinski definition) is 0. The first-order valence-electron chi connectivity index (χ1n) is 4.48. The first-order valence-corrected chi connectivity index (χ1v) is 4.48. The van der Waals surface area contributed by atoms with Crippen LogP contribution in [0.3, 0.4) is 0 Å². The minimum Gasteiger partial charge on any atom is -0.414 e. The average Bonchev–Trinajstić information content (AvgIpc) is 2.26. The van der Waals surface area contributed by atoms with Gasteiger partial charge in [-0.1, -0.05) is 49.2 Å². The maximum absolute atomic E-state index is 11.3. The van der Waals surface area contributed by atoms with Crippen LogP contribution in [-0.2, 0) is 9.53 Å². The maximum atomic E-state index is 11.3. The molecular formula is C13H12O2. The number of ether oxygens (including phenoxy) is 1. The van der Waals surface area contributed by atoms with Gasteiger partial charge in [-0.2, -0.15) is 0 Å². The Morgan fingerprint density at radius 1 is 1.33 bits per heavy atom. The van der Waals surface area contributed by atoms with Crippen LogP contribution in [-0.4, -0.2) is 5.97 Å². The second kappa shape index (κ2) is 4.99. The summed E-state index contributed by atoms with van der Waals surface area (Å²) < 4.78 is 5.05. The molecule has 0 heterocycles. The molecule has 15 heavy (non-hydrogen) atoms. The smallest absolute Gasteiger partial charge is 0.339 e. The lowest BCUT2D eigenvalue weighted by molar-refractivity contribution is -0.132. The molecule has 0 saturated heterocycles. The van der Waals surface area contributed by atoms with Crippen molar-refractivity contribution in [2.75, 3.05) is 0 Å². The molecule has 0 bridgehead atoms. The van der Waals surface area contributed by atoms with Crippen molar-refractivity contribution < 1.29 is 9.53 Å². The van der Waals surface area contributed by atoms with E-state index in [4.69, 9.17) is 4.74 Å². The monoisotopic (exact) mass is 200 g/mol. The highest BCUT2D eigenvalue weighted by Gasteiger charge is 2.08. The fourth-order valence-electron chi connectivity index (χ4n) is 0.966. The van der Waals surface area contributed by atoms with E-state index in [9.17, 15) is 4.79 Å². The quantitative estimate of drug-likeness (QED) is 0.324. The summed E-state index contributed by atoms with van der Waals surface area (Å²) in [6.45, 7) is 8.57. The molecule has 1 aromatic rings. The van der Waals surface area contributed by atoms with Crippen molar-refractivity contribution in [1.82, 2.24) is 0 Å². The van der Waals surface area contributed by atoms with Gasteiger partial charge in [0.05, 0.1) is 0 Å². The molecule has 0 aliphatic carbocycles. The fraction of sp³-hybridized carbons (Fsp3) is 0.0769. The predicted octanol–water partition coefficient (Wildman–Crippen LogP) is 2.93. The molecule has 0 N–H and O–H groups in total. The Morgan fingerprint density at radius 2 is 1.93 bits per heavy atom. The zero-order chi connectivity index (χ0) is 11.3. The number of hydrogen-bond acceptors (Lipinski definition) is 2. The Hall–Kier alpha value is -2.05. The minimum atomic E-state index is -0.468. The normalized spacial score (nSPS) is 8.87. The van der Waals surface area contributed by atoms with E-state index in [1.165, 1.54) is 0 Å². The molecule has 2 heteroatoms. The van der Waals surface area contributed by atoms with Crippen LogP contribution in [0.4, 0.5) is 0 Å². The van der Waals surface area contributed by atoms with E-state index in [-0.39, 0.29) is 0 Å². The molecule has 2 nitrogen and oxygen atoms in total.